The largest absolute Gasteiger partial charge is 0.366 e. The summed E-state index contributed by atoms with van der Waals surface area (Å²) >= 11 is 6.33. The van der Waals surface area contributed by atoms with Crippen LogP contribution in [0.4, 0.5) is 15.8 Å². The molecule has 1 fully saturated rings. The molecule has 0 bridgehead atoms. The predicted octanol–water partition coefficient (Wildman–Crippen LogP) is 5.84. The quantitative estimate of drug-likeness (QED) is 0.389. The first kappa shape index (κ1) is 22.2. The fourth-order valence-corrected chi connectivity index (χ4v) is 4.80. The maximum Gasteiger partial charge on any atom is 0.272 e. The van der Waals surface area contributed by atoms with E-state index in [1.54, 1.807) is 18.2 Å². The van der Waals surface area contributed by atoms with Gasteiger partial charge >= 0.3 is 0 Å². The topological polar surface area (TPSA) is 65.2 Å². The van der Waals surface area contributed by atoms with Gasteiger partial charge in [0.05, 0.1) is 5.92 Å². The molecule has 0 unspecified atom stereocenters. The van der Waals surface area contributed by atoms with Crippen LogP contribution in [0, 0.1) is 11.7 Å². The van der Waals surface area contributed by atoms with E-state index in [2.05, 4.69) is 10.3 Å². The SMILES string of the molecule is O=C(Nc1ccc(F)cc1)[C@H]1CCCN(c2c(-c3ccccc3)c3cc(Cl)ccc3[nH]c2=O)C1. The van der Waals surface area contributed by atoms with Gasteiger partial charge in [-0.05, 0) is 60.9 Å². The van der Waals surface area contributed by atoms with Gasteiger partial charge in [-0.1, -0.05) is 41.9 Å². The van der Waals surface area contributed by atoms with Gasteiger partial charge < -0.3 is 15.2 Å². The first-order valence-corrected chi connectivity index (χ1v) is 11.6. The van der Waals surface area contributed by atoms with E-state index in [0.29, 0.717) is 41.4 Å². The van der Waals surface area contributed by atoms with Crippen LogP contribution in [-0.2, 0) is 4.79 Å². The molecule has 34 heavy (non-hydrogen) atoms. The number of pyridine rings is 1. The Morgan fingerprint density at radius 1 is 1.06 bits per heavy atom. The number of piperidine rings is 1. The highest BCUT2D eigenvalue weighted by Gasteiger charge is 2.29. The molecule has 1 amide bonds. The summed E-state index contributed by atoms with van der Waals surface area (Å²) in [5.74, 6) is -0.805. The first-order valence-electron chi connectivity index (χ1n) is 11.2. The molecule has 1 saturated heterocycles. The van der Waals surface area contributed by atoms with Crippen LogP contribution in [0.15, 0.2) is 77.6 Å². The summed E-state index contributed by atoms with van der Waals surface area (Å²) in [6.45, 7) is 1.07. The lowest BCUT2D eigenvalue weighted by atomic mass is 9.93. The Labute approximate surface area is 201 Å². The molecule has 2 N–H and O–H groups in total. The van der Waals surface area contributed by atoms with Crippen molar-refractivity contribution < 1.29 is 9.18 Å². The number of fused-ring (bicyclic) bond motifs is 1. The number of carbonyl (C=O) groups excluding carboxylic acids is 1. The Bertz CT molecular complexity index is 1400. The number of H-pyrrole nitrogens is 1. The Kier molecular flexibility index (Phi) is 6.07. The molecule has 1 aromatic heterocycles. The molecule has 5 nitrogen and oxygen atoms in total. The van der Waals surface area contributed by atoms with Crippen molar-refractivity contribution in [2.75, 3.05) is 23.3 Å². The van der Waals surface area contributed by atoms with E-state index >= 15 is 0 Å². The van der Waals surface area contributed by atoms with Gasteiger partial charge in [-0.2, -0.15) is 0 Å². The van der Waals surface area contributed by atoms with E-state index in [4.69, 9.17) is 11.6 Å². The average Bonchev–Trinajstić information content (AvgIpc) is 2.85. The summed E-state index contributed by atoms with van der Waals surface area (Å²) in [6.07, 6.45) is 1.48. The number of amides is 1. The van der Waals surface area contributed by atoms with Crippen molar-refractivity contribution in [3.63, 3.8) is 0 Å². The molecule has 1 aliphatic rings. The van der Waals surface area contributed by atoms with Gasteiger partial charge in [0, 0.05) is 40.3 Å². The van der Waals surface area contributed by atoms with Crippen molar-refractivity contribution in [3.8, 4) is 11.1 Å². The first-order chi connectivity index (χ1) is 16.5. The van der Waals surface area contributed by atoms with Crippen molar-refractivity contribution in [2.24, 2.45) is 5.92 Å². The minimum atomic E-state index is -0.356. The lowest BCUT2D eigenvalue weighted by Crippen LogP contribution is -2.43. The summed E-state index contributed by atoms with van der Waals surface area (Å²) in [5, 5.41) is 4.31. The molecule has 0 spiro atoms. The number of hydrogen-bond donors (Lipinski definition) is 2. The minimum absolute atomic E-state index is 0.141. The number of nitrogens with one attached hydrogen (secondary N) is 2. The number of aromatic amines is 1. The highest BCUT2D eigenvalue weighted by atomic mass is 35.5. The molecule has 2 heterocycles. The third-order valence-corrected chi connectivity index (χ3v) is 6.47. The second kappa shape index (κ2) is 9.31. The maximum atomic E-state index is 13.3. The molecular weight excluding hydrogens is 453 g/mol. The molecule has 0 saturated carbocycles. The van der Waals surface area contributed by atoms with Crippen molar-refractivity contribution >= 4 is 39.8 Å². The number of aromatic nitrogens is 1. The van der Waals surface area contributed by atoms with Crippen LogP contribution in [-0.4, -0.2) is 24.0 Å². The van der Waals surface area contributed by atoms with Crippen LogP contribution in [0.3, 0.4) is 0 Å². The highest BCUT2D eigenvalue weighted by molar-refractivity contribution is 6.31. The Balaban J connectivity index is 1.53. The zero-order valence-corrected chi connectivity index (χ0v) is 19.1. The van der Waals surface area contributed by atoms with E-state index in [9.17, 15) is 14.0 Å². The van der Waals surface area contributed by atoms with Crippen molar-refractivity contribution in [3.05, 3.63) is 94.0 Å². The zero-order valence-electron chi connectivity index (χ0n) is 18.4. The van der Waals surface area contributed by atoms with Gasteiger partial charge in [-0.15, -0.1) is 0 Å². The second-order valence-electron chi connectivity index (χ2n) is 8.51. The van der Waals surface area contributed by atoms with Gasteiger partial charge in [-0.3, -0.25) is 9.59 Å². The maximum absolute atomic E-state index is 13.3. The van der Waals surface area contributed by atoms with Crippen molar-refractivity contribution in [1.82, 2.24) is 4.98 Å². The predicted molar refractivity (Wildman–Crippen MR) is 135 cm³/mol. The number of benzene rings is 3. The minimum Gasteiger partial charge on any atom is -0.366 e. The number of rotatable bonds is 4. The van der Waals surface area contributed by atoms with Crippen LogP contribution in [0.1, 0.15) is 12.8 Å². The fourth-order valence-electron chi connectivity index (χ4n) is 4.63. The van der Waals surface area contributed by atoms with Gasteiger partial charge in [0.25, 0.3) is 5.56 Å². The van der Waals surface area contributed by atoms with Crippen LogP contribution in [0.5, 0.6) is 0 Å². The number of carbonyl (C=O) groups is 1. The average molecular weight is 476 g/mol. The lowest BCUT2D eigenvalue weighted by molar-refractivity contribution is -0.120. The zero-order chi connectivity index (χ0) is 23.7. The Morgan fingerprint density at radius 3 is 2.59 bits per heavy atom. The van der Waals surface area contributed by atoms with Gasteiger partial charge in [0.15, 0.2) is 0 Å². The van der Waals surface area contributed by atoms with Crippen molar-refractivity contribution in [2.45, 2.75) is 12.8 Å². The van der Waals surface area contributed by atoms with Gasteiger partial charge in [0.1, 0.15) is 11.5 Å². The molecule has 3 aromatic carbocycles. The smallest absolute Gasteiger partial charge is 0.272 e. The molecule has 0 aliphatic carbocycles. The third kappa shape index (κ3) is 4.41. The standard InChI is InChI=1S/C27H23ClFN3O2/c28-19-8-13-23-22(15-19)24(17-5-2-1-3-6-17)25(27(34)31-23)32-14-4-7-18(16-32)26(33)30-21-11-9-20(29)10-12-21/h1-3,5-6,8-13,15,18H,4,7,14,16H2,(H,30,33)(H,31,34)/t18-/m0/s1. The molecule has 5 rings (SSSR count). The molecule has 7 heteroatoms. The van der Waals surface area contributed by atoms with Crippen LogP contribution >= 0.6 is 11.6 Å². The Morgan fingerprint density at radius 2 is 1.82 bits per heavy atom. The number of nitrogens with zero attached hydrogens (tertiary/aromatic N) is 1. The van der Waals surface area contributed by atoms with Gasteiger partial charge in [0.2, 0.25) is 5.91 Å². The number of halogens is 2. The normalized spacial score (nSPS) is 15.9. The molecule has 1 aliphatic heterocycles. The molecule has 172 valence electrons. The summed E-state index contributed by atoms with van der Waals surface area (Å²) < 4.78 is 13.2. The molecule has 4 aromatic rings. The van der Waals surface area contributed by atoms with Crippen molar-refractivity contribution in [1.29, 1.82) is 0 Å². The van der Waals surface area contributed by atoms with E-state index in [1.165, 1.54) is 12.1 Å². The molecule has 0 radical (unpaired) electrons. The van der Waals surface area contributed by atoms with Crippen LogP contribution in [0.25, 0.3) is 22.0 Å². The second-order valence-corrected chi connectivity index (χ2v) is 8.95. The third-order valence-electron chi connectivity index (χ3n) is 6.23. The Hall–Kier alpha value is -3.64. The van der Waals surface area contributed by atoms with E-state index in [-0.39, 0.29) is 23.2 Å². The van der Waals surface area contributed by atoms with E-state index < -0.39 is 0 Å². The fraction of sp³-hybridized carbons (Fsp3) is 0.185. The highest BCUT2D eigenvalue weighted by Crippen LogP contribution is 2.37. The van der Waals surface area contributed by atoms with Crippen LogP contribution < -0.4 is 15.8 Å². The van der Waals surface area contributed by atoms with E-state index in [1.807, 2.05) is 47.4 Å². The molecular formula is C27H23ClFN3O2. The van der Waals surface area contributed by atoms with Gasteiger partial charge in [-0.25, -0.2) is 4.39 Å². The monoisotopic (exact) mass is 475 g/mol. The van der Waals surface area contributed by atoms with E-state index in [0.717, 1.165) is 22.9 Å². The lowest BCUT2D eigenvalue weighted by Gasteiger charge is -2.34. The summed E-state index contributed by atoms with van der Waals surface area (Å²) in [7, 11) is 0. The number of anilines is 2. The molecule has 1 atom stereocenters. The summed E-state index contributed by atoms with van der Waals surface area (Å²) in [4.78, 5) is 31.3. The summed E-state index contributed by atoms with van der Waals surface area (Å²) in [6, 6.07) is 20.9. The van der Waals surface area contributed by atoms with Crippen LogP contribution in [0.2, 0.25) is 5.02 Å². The number of hydrogen-bond acceptors (Lipinski definition) is 3. The summed E-state index contributed by atoms with van der Waals surface area (Å²) in [5.41, 5.74) is 3.31.